The minimum absolute atomic E-state index is 0.00810. The van der Waals surface area contributed by atoms with Gasteiger partial charge in [0.2, 0.25) is 5.91 Å². The predicted molar refractivity (Wildman–Crippen MR) is 144 cm³/mol. The Hall–Kier alpha value is -4.62. The van der Waals surface area contributed by atoms with Crippen LogP contribution in [0.2, 0.25) is 0 Å². The molecule has 14 heteroatoms. The van der Waals surface area contributed by atoms with E-state index in [0.717, 1.165) is 37.7 Å². The van der Waals surface area contributed by atoms with Gasteiger partial charge in [0.05, 0.1) is 17.7 Å². The van der Waals surface area contributed by atoms with Gasteiger partial charge in [0.25, 0.3) is 5.91 Å². The zero-order valence-electron chi connectivity index (χ0n) is 22.5. The number of hydrogen-bond donors (Lipinski definition) is 4. The summed E-state index contributed by atoms with van der Waals surface area (Å²) >= 11 is 0. The van der Waals surface area contributed by atoms with Crippen LogP contribution in [-0.4, -0.2) is 70.0 Å². The van der Waals surface area contributed by atoms with Gasteiger partial charge in [-0.1, -0.05) is 43.5 Å². The number of rotatable bonds is 8. The second kappa shape index (κ2) is 13.8. The molecule has 42 heavy (non-hydrogen) atoms. The van der Waals surface area contributed by atoms with Crippen LogP contribution in [0.1, 0.15) is 60.0 Å². The number of aliphatic carboxylic acids is 2. The molecule has 1 aliphatic heterocycles. The lowest BCUT2D eigenvalue weighted by atomic mass is 9.93. The average molecular weight is 593 g/mol. The molecule has 0 aromatic heterocycles. The number of carboxylic acid groups (broad SMARTS) is 2. The molecule has 0 atom stereocenters. The Kier molecular flexibility index (Phi) is 10.5. The Morgan fingerprint density at radius 3 is 2.19 bits per heavy atom. The quantitative estimate of drug-likeness (QED) is 0.265. The number of anilines is 1. The molecule has 0 saturated heterocycles. The Labute approximate surface area is 239 Å². The van der Waals surface area contributed by atoms with Crippen LogP contribution in [0.5, 0.6) is 5.75 Å². The number of fused-ring (bicyclic) bond motifs is 1. The van der Waals surface area contributed by atoms with E-state index in [0.29, 0.717) is 22.6 Å². The van der Waals surface area contributed by atoms with Crippen LogP contribution in [0.15, 0.2) is 42.5 Å². The molecule has 4 rings (SSSR count). The fraction of sp³-hybridized carbons (Fsp3) is 0.393. The van der Waals surface area contributed by atoms with Crippen LogP contribution in [-0.2, 0) is 21.0 Å². The highest BCUT2D eigenvalue weighted by molar-refractivity contribution is 6.10. The molecule has 1 saturated carbocycles. The van der Waals surface area contributed by atoms with Gasteiger partial charge in [0.15, 0.2) is 0 Å². The number of nitrogens with two attached hydrogens (primary N) is 1. The van der Waals surface area contributed by atoms with Crippen molar-refractivity contribution in [3.05, 3.63) is 59.2 Å². The molecular formula is C28H31F3N4O7. The van der Waals surface area contributed by atoms with Gasteiger partial charge >= 0.3 is 18.1 Å². The van der Waals surface area contributed by atoms with E-state index in [-0.39, 0.29) is 49.8 Å². The lowest BCUT2D eigenvalue weighted by Gasteiger charge is -2.34. The molecule has 1 aliphatic carbocycles. The van der Waals surface area contributed by atoms with Crippen molar-refractivity contribution in [3.63, 3.8) is 0 Å². The number of halogens is 3. The van der Waals surface area contributed by atoms with Crippen molar-refractivity contribution < 1.29 is 47.3 Å². The van der Waals surface area contributed by atoms with Crippen molar-refractivity contribution in [2.75, 3.05) is 18.0 Å². The van der Waals surface area contributed by atoms with Gasteiger partial charge in [-0.2, -0.15) is 13.2 Å². The molecule has 2 aromatic rings. The normalized spacial score (nSPS) is 15.7. The first-order valence-electron chi connectivity index (χ1n) is 13.1. The van der Waals surface area contributed by atoms with Gasteiger partial charge in [0, 0.05) is 18.2 Å². The van der Waals surface area contributed by atoms with E-state index in [1.807, 2.05) is 12.1 Å². The first kappa shape index (κ1) is 31.9. The van der Waals surface area contributed by atoms with Crippen LogP contribution in [0.3, 0.4) is 0 Å². The van der Waals surface area contributed by atoms with E-state index in [4.69, 9.17) is 30.9 Å². The Morgan fingerprint density at radius 2 is 1.64 bits per heavy atom. The molecule has 2 aliphatic rings. The summed E-state index contributed by atoms with van der Waals surface area (Å²) in [6.07, 6.45) is -0.362. The van der Waals surface area contributed by atoms with Crippen LogP contribution in [0, 0.1) is 5.41 Å². The molecule has 2 aromatic carbocycles. The Balaban J connectivity index is 0.000000616. The molecule has 1 fully saturated rings. The number of alkyl halides is 3. The van der Waals surface area contributed by atoms with E-state index in [2.05, 4.69) is 0 Å². The zero-order valence-corrected chi connectivity index (χ0v) is 22.5. The maximum Gasteiger partial charge on any atom is 0.490 e. The number of nitrogen functional groups attached to an aromatic ring is 1. The van der Waals surface area contributed by atoms with Crippen LogP contribution >= 0.6 is 0 Å². The Bertz CT molecular complexity index is 1330. The number of amidine groups is 1. The number of carbonyl (C=O) groups is 4. The van der Waals surface area contributed by atoms with Crippen molar-refractivity contribution in [1.82, 2.24) is 4.90 Å². The van der Waals surface area contributed by atoms with Gasteiger partial charge in [-0.25, -0.2) is 4.79 Å². The second-order valence-corrected chi connectivity index (χ2v) is 9.81. The fourth-order valence-electron chi connectivity index (χ4n) is 4.70. The third-order valence-electron chi connectivity index (χ3n) is 6.79. The number of carboxylic acids is 2. The van der Waals surface area contributed by atoms with Crippen molar-refractivity contribution in [2.45, 2.75) is 57.3 Å². The van der Waals surface area contributed by atoms with Crippen LogP contribution in [0.25, 0.3) is 0 Å². The van der Waals surface area contributed by atoms with E-state index >= 15 is 0 Å². The summed E-state index contributed by atoms with van der Waals surface area (Å²) in [5, 5.41) is 23.7. The zero-order chi connectivity index (χ0) is 31.0. The third-order valence-corrected chi connectivity index (χ3v) is 6.79. The number of nitrogens with one attached hydrogen (secondary N) is 1. The molecule has 5 N–H and O–H groups in total. The fourth-order valence-corrected chi connectivity index (χ4v) is 4.70. The molecule has 2 amide bonds. The summed E-state index contributed by atoms with van der Waals surface area (Å²) in [6, 6.07) is 12.3. The van der Waals surface area contributed by atoms with Gasteiger partial charge in [-0.15, -0.1) is 0 Å². The molecule has 0 bridgehead atoms. The largest absolute Gasteiger partial charge is 0.490 e. The molecule has 0 unspecified atom stereocenters. The summed E-state index contributed by atoms with van der Waals surface area (Å²) in [7, 11) is 0. The highest BCUT2D eigenvalue weighted by Gasteiger charge is 2.38. The minimum Gasteiger partial charge on any atom is -0.489 e. The topological polar surface area (TPSA) is 174 Å². The van der Waals surface area contributed by atoms with Crippen LogP contribution < -0.4 is 15.4 Å². The van der Waals surface area contributed by atoms with E-state index in [1.54, 1.807) is 35.2 Å². The highest BCUT2D eigenvalue weighted by atomic mass is 19.4. The minimum atomic E-state index is -5.08. The Morgan fingerprint density at radius 1 is 1.02 bits per heavy atom. The summed E-state index contributed by atoms with van der Waals surface area (Å²) in [4.78, 5) is 49.8. The summed E-state index contributed by atoms with van der Waals surface area (Å²) < 4.78 is 37.7. The van der Waals surface area contributed by atoms with Crippen molar-refractivity contribution in [3.8, 4) is 5.75 Å². The summed E-state index contributed by atoms with van der Waals surface area (Å²) in [5.41, 5.74) is 7.90. The molecule has 0 spiro atoms. The average Bonchev–Trinajstić information content (AvgIpc) is 3.04. The van der Waals surface area contributed by atoms with Gasteiger partial charge in [0.1, 0.15) is 24.7 Å². The number of nitrogens with zero attached hydrogens (tertiary/aromatic N) is 2. The SMILES string of the molecule is N=C(N)c1ccc(COc2ccc3c(c2)C(=O)N(CCC(=O)O)CC(=O)N3C2CCCCC2)cc1.O=C(O)C(F)(F)F. The standard InChI is InChI=1S/C26H30N4O5.C2HF3O2/c27-25(28)18-8-6-17(7-9-18)16-35-20-10-11-22-21(14-20)26(34)29(13-12-24(32)33)15-23(31)30(22)19-4-2-1-3-5-19;3-2(4,5)1(6)7/h6-11,14,19H,1-5,12-13,15-16H2,(H3,27,28)(H,32,33);(H,6,7). The third kappa shape index (κ3) is 8.44. The van der Waals surface area contributed by atoms with E-state index in [1.165, 1.54) is 4.90 Å². The number of hydrogen-bond acceptors (Lipinski definition) is 6. The number of benzene rings is 2. The molecule has 1 heterocycles. The smallest absolute Gasteiger partial charge is 0.489 e. The first-order valence-corrected chi connectivity index (χ1v) is 13.1. The second-order valence-electron chi connectivity index (χ2n) is 9.81. The number of carbonyl (C=O) groups excluding carboxylic acids is 2. The first-order chi connectivity index (χ1) is 19.8. The molecule has 0 radical (unpaired) electrons. The van der Waals surface area contributed by atoms with Crippen LogP contribution in [0.4, 0.5) is 18.9 Å². The van der Waals surface area contributed by atoms with Crippen molar-refractivity contribution >= 4 is 35.3 Å². The molecular weight excluding hydrogens is 561 g/mol. The van der Waals surface area contributed by atoms with Gasteiger partial charge in [-0.05, 0) is 36.6 Å². The van der Waals surface area contributed by atoms with Crippen molar-refractivity contribution in [1.29, 1.82) is 5.41 Å². The van der Waals surface area contributed by atoms with E-state index in [9.17, 15) is 27.6 Å². The predicted octanol–water partition coefficient (Wildman–Crippen LogP) is 3.78. The maximum atomic E-state index is 13.4. The van der Waals surface area contributed by atoms with E-state index < -0.39 is 18.1 Å². The number of amides is 2. The van der Waals surface area contributed by atoms with Gasteiger partial charge < -0.3 is 30.5 Å². The monoisotopic (exact) mass is 592 g/mol. The summed E-state index contributed by atoms with van der Waals surface area (Å²) in [6.45, 7) is 0.0700. The van der Waals surface area contributed by atoms with Gasteiger partial charge in [-0.3, -0.25) is 19.8 Å². The molecule has 11 nitrogen and oxygen atoms in total. The number of ether oxygens (including phenoxy) is 1. The summed E-state index contributed by atoms with van der Waals surface area (Å²) in [5.74, 6) is -3.87. The van der Waals surface area contributed by atoms with Crippen molar-refractivity contribution in [2.24, 2.45) is 5.73 Å². The lowest BCUT2D eigenvalue weighted by Crippen LogP contribution is -2.45. The maximum absolute atomic E-state index is 13.4. The highest BCUT2D eigenvalue weighted by Crippen LogP contribution is 2.35. The lowest BCUT2D eigenvalue weighted by molar-refractivity contribution is -0.192. The molecule has 226 valence electrons.